The Balaban J connectivity index is 2.88. The van der Waals surface area contributed by atoms with E-state index in [0.29, 0.717) is 0 Å². The van der Waals surface area contributed by atoms with Gasteiger partial charge in [0.15, 0.2) is 0 Å². The normalized spacial score (nSPS) is 10.9. The molecule has 0 aliphatic heterocycles. The minimum atomic E-state index is -4.47. The summed E-state index contributed by atoms with van der Waals surface area (Å²) in [4.78, 5) is 10.7. The van der Waals surface area contributed by atoms with E-state index in [2.05, 4.69) is 6.58 Å². The third-order valence-corrected chi connectivity index (χ3v) is 2.52. The number of hydrogen-bond donors (Lipinski definition) is 0. The number of carbonyl (C=O) groups is 1. The first-order valence-corrected chi connectivity index (χ1v) is 5.65. The summed E-state index contributed by atoms with van der Waals surface area (Å²) in [5, 5.41) is 0. The van der Waals surface area contributed by atoms with Gasteiger partial charge in [0.25, 0.3) is 0 Å². The fourth-order valence-electron chi connectivity index (χ4n) is 0.869. The van der Waals surface area contributed by atoms with E-state index in [4.69, 9.17) is 4.74 Å². The lowest BCUT2D eigenvalue weighted by molar-refractivity contribution is -0.130. The van der Waals surface area contributed by atoms with Crippen molar-refractivity contribution in [3.8, 4) is 5.75 Å². The first-order chi connectivity index (χ1) is 7.30. The Bertz CT molecular complexity index is 513. The molecule has 0 aliphatic carbocycles. The van der Waals surface area contributed by atoms with E-state index < -0.39 is 16.1 Å². The largest absolute Gasteiger partial charge is 0.744 e. The molecule has 0 spiro atoms. The second kappa shape index (κ2) is 4.46. The SMILES string of the molecule is C=C(C)C(=O)Oc1ccc(S(=O)(=O)[O-])cc1. The first kappa shape index (κ1) is 12.4. The summed E-state index contributed by atoms with van der Waals surface area (Å²) in [7, 11) is -4.47. The molecule has 0 amide bonds. The molecular weight excluding hydrogens is 232 g/mol. The second-order valence-electron chi connectivity index (χ2n) is 3.10. The van der Waals surface area contributed by atoms with E-state index in [1.165, 1.54) is 19.1 Å². The molecule has 0 N–H and O–H groups in total. The summed E-state index contributed by atoms with van der Waals surface area (Å²) in [5.74, 6) is -0.460. The van der Waals surface area contributed by atoms with Crippen LogP contribution in [-0.2, 0) is 14.9 Å². The summed E-state index contributed by atoms with van der Waals surface area (Å²) in [6.07, 6.45) is 0. The van der Waals surface area contributed by atoms with Gasteiger partial charge in [-0.25, -0.2) is 13.2 Å². The number of benzene rings is 1. The number of hydrogen-bond acceptors (Lipinski definition) is 5. The highest BCUT2D eigenvalue weighted by Crippen LogP contribution is 2.16. The van der Waals surface area contributed by atoms with Gasteiger partial charge in [-0.15, -0.1) is 0 Å². The molecule has 0 saturated heterocycles. The minimum absolute atomic E-state index is 0.153. The Hall–Kier alpha value is -1.66. The van der Waals surface area contributed by atoms with Crippen LogP contribution in [-0.4, -0.2) is 18.9 Å². The molecule has 0 fully saturated rings. The zero-order chi connectivity index (χ0) is 12.3. The van der Waals surface area contributed by atoms with Crippen LogP contribution in [0.5, 0.6) is 5.75 Å². The summed E-state index contributed by atoms with van der Waals surface area (Å²) < 4.78 is 36.6. The van der Waals surface area contributed by atoms with E-state index in [0.717, 1.165) is 12.1 Å². The molecule has 0 aromatic heterocycles. The van der Waals surface area contributed by atoms with Crippen molar-refractivity contribution in [3.63, 3.8) is 0 Å². The van der Waals surface area contributed by atoms with Gasteiger partial charge >= 0.3 is 5.97 Å². The van der Waals surface area contributed by atoms with Crippen LogP contribution >= 0.6 is 0 Å². The van der Waals surface area contributed by atoms with Crippen LogP contribution in [0.15, 0.2) is 41.3 Å². The average Bonchev–Trinajstić information content (AvgIpc) is 2.17. The summed E-state index contributed by atoms with van der Waals surface area (Å²) in [5.41, 5.74) is 0.223. The smallest absolute Gasteiger partial charge is 0.338 e. The third-order valence-electron chi connectivity index (χ3n) is 1.67. The van der Waals surface area contributed by atoms with Gasteiger partial charge in [0, 0.05) is 5.57 Å². The number of rotatable bonds is 3. The highest BCUT2D eigenvalue weighted by molar-refractivity contribution is 7.85. The van der Waals surface area contributed by atoms with Gasteiger partial charge in [-0.05, 0) is 31.2 Å². The lowest BCUT2D eigenvalue weighted by Crippen LogP contribution is -2.08. The van der Waals surface area contributed by atoms with Crippen LogP contribution in [0.4, 0.5) is 0 Å². The van der Waals surface area contributed by atoms with Gasteiger partial charge in [0.2, 0.25) is 0 Å². The van der Waals surface area contributed by atoms with Crippen molar-refractivity contribution in [1.82, 2.24) is 0 Å². The van der Waals surface area contributed by atoms with E-state index in [1.54, 1.807) is 0 Å². The number of carbonyl (C=O) groups excluding carboxylic acids is 1. The van der Waals surface area contributed by atoms with Crippen LogP contribution in [0.3, 0.4) is 0 Å². The molecule has 0 aliphatic rings. The number of ether oxygens (including phenoxy) is 1. The van der Waals surface area contributed by atoms with Crippen molar-refractivity contribution < 1.29 is 22.5 Å². The molecule has 86 valence electrons. The first-order valence-electron chi connectivity index (χ1n) is 4.24. The van der Waals surface area contributed by atoms with Crippen molar-refractivity contribution in [2.24, 2.45) is 0 Å². The molecular formula is C10H9O5S-. The molecule has 0 atom stereocenters. The molecule has 16 heavy (non-hydrogen) atoms. The van der Waals surface area contributed by atoms with Crippen molar-refractivity contribution in [2.45, 2.75) is 11.8 Å². The molecule has 1 rings (SSSR count). The van der Waals surface area contributed by atoms with E-state index in [9.17, 15) is 17.8 Å². The van der Waals surface area contributed by atoms with Crippen molar-refractivity contribution in [1.29, 1.82) is 0 Å². The fourth-order valence-corrected chi connectivity index (χ4v) is 1.34. The lowest BCUT2D eigenvalue weighted by atomic mass is 10.3. The maximum Gasteiger partial charge on any atom is 0.338 e. The van der Waals surface area contributed by atoms with Crippen LogP contribution in [0.2, 0.25) is 0 Å². The molecule has 0 unspecified atom stereocenters. The quantitative estimate of drug-likeness (QED) is 0.342. The van der Waals surface area contributed by atoms with Crippen LogP contribution < -0.4 is 4.74 Å². The van der Waals surface area contributed by atoms with Crippen LogP contribution in [0, 0.1) is 0 Å². The zero-order valence-electron chi connectivity index (χ0n) is 8.47. The lowest BCUT2D eigenvalue weighted by Gasteiger charge is -2.08. The molecule has 6 heteroatoms. The van der Waals surface area contributed by atoms with Crippen LogP contribution in [0.1, 0.15) is 6.92 Å². The maximum atomic E-state index is 11.1. The van der Waals surface area contributed by atoms with E-state index >= 15 is 0 Å². The molecule has 0 bridgehead atoms. The monoisotopic (exact) mass is 241 g/mol. The molecule has 1 aromatic rings. The number of esters is 1. The van der Waals surface area contributed by atoms with Crippen molar-refractivity contribution in [3.05, 3.63) is 36.4 Å². The third kappa shape index (κ3) is 3.18. The molecule has 0 radical (unpaired) electrons. The average molecular weight is 241 g/mol. The van der Waals surface area contributed by atoms with Gasteiger partial charge in [0.1, 0.15) is 15.9 Å². The van der Waals surface area contributed by atoms with Gasteiger partial charge < -0.3 is 9.29 Å². The standard InChI is InChI=1S/C10H10O5S/c1-7(2)10(11)15-8-3-5-9(6-4-8)16(12,13)14/h3-6H,1H2,2H3,(H,12,13,14)/p-1. The Labute approximate surface area is 93.1 Å². The van der Waals surface area contributed by atoms with Crippen molar-refractivity contribution in [2.75, 3.05) is 0 Å². The zero-order valence-corrected chi connectivity index (χ0v) is 9.28. The van der Waals surface area contributed by atoms with E-state index in [-0.39, 0.29) is 16.2 Å². The topological polar surface area (TPSA) is 83.5 Å². The molecule has 0 heterocycles. The highest BCUT2D eigenvalue weighted by atomic mass is 32.2. The highest BCUT2D eigenvalue weighted by Gasteiger charge is 2.06. The van der Waals surface area contributed by atoms with Crippen LogP contribution in [0.25, 0.3) is 0 Å². The van der Waals surface area contributed by atoms with Gasteiger partial charge in [-0.2, -0.15) is 0 Å². The summed E-state index contributed by atoms with van der Waals surface area (Å²) in [6, 6.07) is 4.60. The maximum absolute atomic E-state index is 11.1. The Morgan fingerprint density at radius 3 is 2.19 bits per heavy atom. The van der Waals surface area contributed by atoms with Gasteiger partial charge in [-0.3, -0.25) is 0 Å². The fraction of sp³-hybridized carbons (Fsp3) is 0.100. The van der Waals surface area contributed by atoms with Gasteiger partial charge in [-0.1, -0.05) is 6.58 Å². The minimum Gasteiger partial charge on any atom is -0.744 e. The molecule has 5 nitrogen and oxygen atoms in total. The Kier molecular flexibility index (Phi) is 3.46. The summed E-state index contributed by atoms with van der Waals surface area (Å²) >= 11 is 0. The van der Waals surface area contributed by atoms with Crippen molar-refractivity contribution >= 4 is 16.1 Å². The predicted molar refractivity (Wildman–Crippen MR) is 54.9 cm³/mol. The van der Waals surface area contributed by atoms with E-state index in [1.807, 2.05) is 0 Å². The van der Waals surface area contributed by atoms with Gasteiger partial charge in [0.05, 0.1) is 4.90 Å². The predicted octanol–water partition coefficient (Wildman–Crippen LogP) is 1.07. The molecule has 0 saturated carbocycles. The summed E-state index contributed by atoms with van der Waals surface area (Å²) in [6.45, 7) is 4.87. The molecule has 1 aromatic carbocycles. The Morgan fingerprint density at radius 1 is 1.31 bits per heavy atom. The Morgan fingerprint density at radius 2 is 1.81 bits per heavy atom. The second-order valence-corrected chi connectivity index (χ2v) is 4.48.